The zero-order valence-electron chi connectivity index (χ0n) is 16.8. The van der Waals surface area contributed by atoms with Crippen molar-refractivity contribution in [2.24, 2.45) is 0 Å². The van der Waals surface area contributed by atoms with Gasteiger partial charge in [0.25, 0.3) is 5.91 Å². The van der Waals surface area contributed by atoms with Gasteiger partial charge in [-0.1, -0.05) is 24.3 Å². The van der Waals surface area contributed by atoms with Crippen molar-refractivity contribution in [3.05, 3.63) is 76.6 Å². The van der Waals surface area contributed by atoms with E-state index in [1.54, 1.807) is 6.20 Å². The molecule has 1 fully saturated rings. The first-order valence-corrected chi connectivity index (χ1v) is 9.72. The molecule has 1 atom stereocenters. The Bertz CT molecular complexity index is 1100. The minimum atomic E-state index is -0.197. The average molecular weight is 388 g/mol. The Balaban J connectivity index is 1.56. The van der Waals surface area contributed by atoms with Crippen molar-refractivity contribution < 1.29 is 9.59 Å². The summed E-state index contributed by atoms with van der Waals surface area (Å²) >= 11 is 0. The smallest absolute Gasteiger partial charge is 0.259 e. The minimum Gasteiger partial charge on any atom is -0.355 e. The van der Waals surface area contributed by atoms with Gasteiger partial charge >= 0.3 is 0 Å². The summed E-state index contributed by atoms with van der Waals surface area (Å²) < 4.78 is 1.81. The monoisotopic (exact) mass is 388 g/mol. The predicted octanol–water partition coefficient (Wildman–Crippen LogP) is 3.65. The maximum atomic E-state index is 12.9. The molecule has 148 valence electrons. The highest BCUT2D eigenvalue weighted by atomic mass is 16.2. The number of nitrogens with zero attached hydrogens (tertiary/aromatic N) is 2. The van der Waals surface area contributed by atoms with E-state index >= 15 is 0 Å². The molecule has 0 aliphatic carbocycles. The van der Waals surface area contributed by atoms with Crippen LogP contribution in [0.2, 0.25) is 0 Å². The maximum Gasteiger partial charge on any atom is 0.259 e. The van der Waals surface area contributed by atoms with Gasteiger partial charge in [-0.25, -0.2) is 4.68 Å². The molecule has 29 heavy (non-hydrogen) atoms. The molecular formula is C23H24N4O2. The summed E-state index contributed by atoms with van der Waals surface area (Å²) in [6.45, 7) is 6.60. The fourth-order valence-corrected chi connectivity index (χ4v) is 3.73. The van der Waals surface area contributed by atoms with Crippen LogP contribution in [0, 0.1) is 20.8 Å². The Labute approximate surface area is 169 Å². The molecule has 1 saturated heterocycles. The van der Waals surface area contributed by atoms with Crippen LogP contribution in [0.25, 0.3) is 5.69 Å². The van der Waals surface area contributed by atoms with Crippen LogP contribution in [0.4, 0.5) is 5.69 Å². The van der Waals surface area contributed by atoms with E-state index in [-0.39, 0.29) is 17.7 Å². The lowest BCUT2D eigenvalue weighted by atomic mass is 9.98. The highest BCUT2D eigenvalue weighted by molar-refractivity contribution is 6.05. The van der Waals surface area contributed by atoms with Gasteiger partial charge < -0.3 is 10.6 Å². The molecule has 0 radical (unpaired) electrons. The highest BCUT2D eigenvalue weighted by Gasteiger charge is 2.23. The summed E-state index contributed by atoms with van der Waals surface area (Å²) in [4.78, 5) is 24.4. The van der Waals surface area contributed by atoms with E-state index in [2.05, 4.69) is 33.9 Å². The number of aromatic nitrogens is 2. The number of rotatable bonds is 4. The third-order valence-electron chi connectivity index (χ3n) is 5.44. The van der Waals surface area contributed by atoms with Gasteiger partial charge in [0.2, 0.25) is 5.91 Å². The average Bonchev–Trinajstić information content (AvgIpc) is 3.30. The van der Waals surface area contributed by atoms with Gasteiger partial charge in [0, 0.05) is 24.6 Å². The number of benzene rings is 2. The van der Waals surface area contributed by atoms with Crippen LogP contribution in [0.15, 0.2) is 48.7 Å². The van der Waals surface area contributed by atoms with Crippen molar-refractivity contribution in [2.75, 3.05) is 11.9 Å². The highest BCUT2D eigenvalue weighted by Crippen LogP contribution is 2.26. The van der Waals surface area contributed by atoms with Crippen LogP contribution in [0.1, 0.15) is 45.1 Å². The van der Waals surface area contributed by atoms with E-state index in [0.717, 1.165) is 28.1 Å². The van der Waals surface area contributed by atoms with Crippen molar-refractivity contribution >= 4 is 17.5 Å². The van der Waals surface area contributed by atoms with Crippen LogP contribution in [-0.2, 0) is 4.79 Å². The molecule has 6 heteroatoms. The molecule has 1 unspecified atom stereocenters. The summed E-state index contributed by atoms with van der Waals surface area (Å²) in [6.07, 6.45) is 2.09. The number of carbonyl (C=O) groups excluding carboxylic acids is 2. The van der Waals surface area contributed by atoms with E-state index in [4.69, 9.17) is 0 Å². The molecule has 1 aliphatic heterocycles. The van der Waals surface area contributed by atoms with E-state index in [0.29, 0.717) is 24.2 Å². The predicted molar refractivity (Wildman–Crippen MR) is 113 cm³/mol. The summed E-state index contributed by atoms with van der Waals surface area (Å²) in [5.41, 5.74) is 6.30. The number of anilines is 1. The van der Waals surface area contributed by atoms with Crippen LogP contribution in [0.5, 0.6) is 0 Å². The minimum absolute atomic E-state index is 0.0684. The quantitative estimate of drug-likeness (QED) is 0.716. The largest absolute Gasteiger partial charge is 0.355 e. The first kappa shape index (κ1) is 18.9. The normalized spacial score (nSPS) is 16.0. The molecule has 1 aromatic heterocycles. The standard InChI is InChI=1S/C23H24N4O2/c1-14-7-8-15(2)21(9-14)27-16(3)20(13-25-27)23(29)26-19-6-4-5-17(10-19)18-11-22(28)24-12-18/h4-10,13,18H,11-12H2,1-3H3,(H,24,28)(H,26,29). The number of aryl methyl sites for hydroxylation is 2. The third kappa shape index (κ3) is 3.78. The second kappa shape index (κ2) is 7.54. The molecule has 0 bridgehead atoms. The van der Waals surface area contributed by atoms with Gasteiger partial charge in [0.05, 0.1) is 23.1 Å². The molecule has 2 amide bonds. The summed E-state index contributed by atoms with van der Waals surface area (Å²) in [6, 6.07) is 13.9. The van der Waals surface area contributed by atoms with Crippen LogP contribution < -0.4 is 10.6 Å². The zero-order chi connectivity index (χ0) is 20.5. The molecule has 2 N–H and O–H groups in total. The molecule has 0 spiro atoms. The maximum absolute atomic E-state index is 12.9. The van der Waals surface area contributed by atoms with Crippen molar-refractivity contribution in [3.63, 3.8) is 0 Å². The second-order valence-electron chi connectivity index (χ2n) is 7.63. The molecule has 0 saturated carbocycles. The molecule has 6 nitrogen and oxygen atoms in total. The van der Waals surface area contributed by atoms with Crippen molar-refractivity contribution in [2.45, 2.75) is 33.1 Å². The summed E-state index contributed by atoms with van der Waals surface area (Å²) in [7, 11) is 0. The number of nitrogens with one attached hydrogen (secondary N) is 2. The van der Waals surface area contributed by atoms with Crippen LogP contribution in [-0.4, -0.2) is 28.1 Å². The van der Waals surface area contributed by atoms with Crippen molar-refractivity contribution in [3.8, 4) is 5.69 Å². The van der Waals surface area contributed by atoms with E-state index in [9.17, 15) is 9.59 Å². The lowest BCUT2D eigenvalue weighted by molar-refractivity contribution is -0.119. The lowest BCUT2D eigenvalue weighted by Gasteiger charge is -2.12. The van der Waals surface area contributed by atoms with E-state index < -0.39 is 0 Å². The van der Waals surface area contributed by atoms with Gasteiger partial charge in [-0.15, -0.1) is 0 Å². The molecule has 1 aliphatic rings. The number of hydrogen-bond acceptors (Lipinski definition) is 3. The summed E-state index contributed by atoms with van der Waals surface area (Å²) in [5.74, 6) is 0.0175. The Hall–Kier alpha value is -3.41. The Morgan fingerprint density at radius 2 is 2.00 bits per heavy atom. The Morgan fingerprint density at radius 3 is 2.76 bits per heavy atom. The molecule has 2 heterocycles. The zero-order valence-corrected chi connectivity index (χ0v) is 16.8. The van der Waals surface area contributed by atoms with Gasteiger partial charge in [0.15, 0.2) is 0 Å². The van der Waals surface area contributed by atoms with Gasteiger partial charge in [-0.05, 0) is 55.7 Å². The second-order valence-corrected chi connectivity index (χ2v) is 7.63. The van der Waals surface area contributed by atoms with E-state index in [1.165, 1.54) is 0 Å². The third-order valence-corrected chi connectivity index (χ3v) is 5.44. The molecule has 4 rings (SSSR count). The van der Waals surface area contributed by atoms with Crippen molar-refractivity contribution in [1.29, 1.82) is 0 Å². The summed E-state index contributed by atoms with van der Waals surface area (Å²) in [5, 5.41) is 10.3. The SMILES string of the molecule is Cc1ccc(C)c(-n2ncc(C(=O)Nc3cccc(C4CNC(=O)C4)c3)c2C)c1. The van der Waals surface area contributed by atoms with Crippen molar-refractivity contribution in [1.82, 2.24) is 15.1 Å². The van der Waals surface area contributed by atoms with Crippen LogP contribution in [0.3, 0.4) is 0 Å². The Kier molecular flexibility index (Phi) is 4.92. The number of hydrogen-bond donors (Lipinski definition) is 2. The molecular weight excluding hydrogens is 364 g/mol. The lowest BCUT2D eigenvalue weighted by Crippen LogP contribution is -2.14. The van der Waals surface area contributed by atoms with Gasteiger partial charge in [0.1, 0.15) is 0 Å². The van der Waals surface area contributed by atoms with E-state index in [1.807, 2.05) is 49.7 Å². The van der Waals surface area contributed by atoms with Gasteiger partial charge in [-0.2, -0.15) is 5.10 Å². The van der Waals surface area contributed by atoms with Gasteiger partial charge in [-0.3, -0.25) is 9.59 Å². The first-order valence-electron chi connectivity index (χ1n) is 9.72. The molecule has 3 aromatic rings. The Morgan fingerprint density at radius 1 is 1.17 bits per heavy atom. The van der Waals surface area contributed by atoms with Crippen LogP contribution >= 0.6 is 0 Å². The fourth-order valence-electron chi connectivity index (χ4n) is 3.73. The number of carbonyl (C=O) groups is 2. The number of amides is 2. The first-order chi connectivity index (χ1) is 13.9. The topological polar surface area (TPSA) is 76.0 Å². The molecule has 2 aromatic carbocycles. The fraction of sp³-hybridized carbons (Fsp3) is 0.261.